The molecule has 3 heteroatoms. The lowest BCUT2D eigenvalue weighted by Crippen LogP contribution is -2.17. The van der Waals surface area contributed by atoms with Crippen LogP contribution < -0.4 is 5.32 Å². The third kappa shape index (κ3) is 3.19. The van der Waals surface area contributed by atoms with Crippen molar-refractivity contribution in [3.05, 3.63) is 59.4 Å². The smallest absolute Gasteiger partial charge is 0.139 e. The minimum absolute atomic E-state index is 0.173. The van der Waals surface area contributed by atoms with E-state index < -0.39 is 0 Å². The maximum atomic E-state index is 11.9. The number of benzene rings is 1. The molecule has 0 saturated carbocycles. The molecule has 3 rings (SSSR count). The molecule has 1 aromatic heterocycles. The normalized spacial score (nSPS) is 18.1. The Kier molecular flexibility index (Phi) is 3.82. The molecule has 1 aliphatic rings. The van der Waals surface area contributed by atoms with E-state index in [1.807, 2.05) is 36.5 Å². The van der Waals surface area contributed by atoms with Crippen molar-refractivity contribution in [2.45, 2.75) is 25.8 Å². The number of anilines is 1. The maximum Gasteiger partial charge on any atom is 0.139 e. The van der Waals surface area contributed by atoms with Crippen molar-refractivity contribution in [3.8, 4) is 0 Å². The van der Waals surface area contributed by atoms with Crippen LogP contribution in [0.1, 0.15) is 30.0 Å². The molecule has 0 unspecified atom stereocenters. The molecule has 2 aromatic rings. The Hall–Kier alpha value is -2.42. The molecule has 106 valence electrons. The molecule has 0 fully saturated rings. The second-order valence-corrected chi connectivity index (χ2v) is 5.47. The molecular weight excluding hydrogens is 260 g/mol. The summed E-state index contributed by atoms with van der Waals surface area (Å²) < 4.78 is 0. The van der Waals surface area contributed by atoms with E-state index in [9.17, 15) is 4.79 Å². The SMILES string of the molecule is C[C@@H]1CC(=O)Cc2cccc(/C=C/c3cccnc3)c2N1. The highest BCUT2D eigenvalue weighted by molar-refractivity contribution is 5.87. The fourth-order valence-corrected chi connectivity index (χ4v) is 2.67. The Labute approximate surface area is 124 Å². The summed E-state index contributed by atoms with van der Waals surface area (Å²) in [6, 6.07) is 10.2. The fraction of sp³-hybridized carbons (Fsp3) is 0.222. The summed E-state index contributed by atoms with van der Waals surface area (Å²) in [6.07, 6.45) is 8.81. The van der Waals surface area contributed by atoms with E-state index in [2.05, 4.69) is 29.4 Å². The van der Waals surface area contributed by atoms with Gasteiger partial charge in [-0.25, -0.2) is 0 Å². The monoisotopic (exact) mass is 278 g/mol. The summed E-state index contributed by atoms with van der Waals surface area (Å²) >= 11 is 0. The van der Waals surface area contributed by atoms with Crippen molar-refractivity contribution < 1.29 is 4.79 Å². The molecule has 1 atom stereocenters. The summed E-state index contributed by atoms with van der Waals surface area (Å²) in [7, 11) is 0. The topological polar surface area (TPSA) is 42.0 Å². The van der Waals surface area contributed by atoms with Gasteiger partial charge in [-0.3, -0.25) is 9.78 Å². The predicted octanol–water partition coefficient (Wildman–Crippen LogP) is 3.57. The lowest BCUT2D eigenvalue weighted by Gasteiger charge is -2.15. The van der Waals surface area contributed by atoms with Crippen LogP contribution in [0, 0.1) is 0 Å². The van der Waals surface area contributed by atoms with E-state index in [0.29, 0.717) is 18.6 Å². The van der Waals surface area contributed by atoms with E-state index in [0.717, 1.165) is 22.4 Å². The summed E-state index contributed by atoms with van der Waals surface area (Å²) in [6.45, 7) is 2.05. The number of nitrogens with zero attached hydrogens (tertiary/aromatic N) is 1. The van der Waals surface area contributed by atoms with Crippen molar-refractivity contribution in [3.63, 3.8) is 0 Å². The number of carbonyl (C=O) groups excluding carboxylic acids is 1. The zero-order chi connectivity index (χ0) is 14.7. The molecule has 1 aromatic carbocycles. The fourth-order valence-electron chi connectivity index (χ4n) is 2.67. The Morgan fingerprint density at radius 1 is 1.24 bits per heavy atom. The maximum absolute atomic E-state index is 11.9. The zero-order valence-electron chi connectivity index (χ0n) is 12.0. The molecule has 0 bridgehead atoms. The van der Waals surface area contributed by atoms with Gasteiger partial charge in [0.1, 0.15) is 5.78 Å². The summed E-state index contributed by atoms with van der Waals surface area (Å²) in [5, 5.41) is 3.47. The number of nitrogens with one attached hydrogen (secondary N) is 1. The highest BCUT2D eigenvalue weighted by atomic mass is 16.1. The quantitative estimate of drug-likeness (QED) is 0.913. The van der Waals surface area contributed by atoms with Gasteiger partial charge in [-0.2, -0.15) is 0 Å². The molecule has 2 heterocycles. The van der Waals surface area contributed by atoms with Crippen LogP contribution in [0.4, 0.5) is 5.69 Å². The molecule has 0 radical (unpaired) electrons. The van der Waals surface area contributed by atoms with Crippen LogP contribution in [-0.2, 0) is 11.2 Å². The molecule has 1 N–H and O–H groups in total. The molecule has 0 spiro atoms. The van der Waals surface area contributed by atoms with Crippen LogP contribution in [0.5, 0.6) is 0 Å². The van der Waals surface area contributed by atoms with Crippen molar-refractivity contribution in [1.82, 2.24) is 4.98 Å². The van der Waals surface area contributed by atoms with Gasteiger partial charge in [0.15, 0.2) is 0 Å². The highest BCUT2D eigenvalue weighted by Gasteiger charge is 2.19. The molecule has 21 heavy (non-hydrogen) atoms. The molecule has 0 amide bonds. The van der Waals surface area contributed by atoms with E-state index in [-0.39, 0.29) is 6.04 Å². The van der Waals surface area contributed by atoms with Gasteiger partial charge in [0.05, 0.1) is 0 Å². The summed E-state index contributed by atoms with van der Waals surface area (Å²) in [4.78, 5) is 16.0. The minimum Gasteiger partial charge on any atom is -0.381 e. The van der Waals surface area contributed by atoms with Gasteiger partial charge in [0.2, 0.25) is 0 Å². The van der Waals surface area contributed by atoms with Crippen molar-refractivity contribution in [2.24, 2.45) is 0 Å². The average molecular weight is 278 g/mol. The molecular formula is C18H18N2O. The highest BCUT2D eigenvalue weighted by Crippen LogP contribution is 2.28. The van der Waals surface area contributed by atoms with Gasteiger partial charge in [-0.1, -0.05) is 36.4 Å². The lowest BCUT2D eigenvalue weighted by molar-refractivity contribution is -0.118. The van der Waals surface area contributed by atoms with Crippen LogP contribution in [0.2, 0.25) is 0 Å². The van der Waals surface area contributed by atoms with Gasteiger partial charge in [-0.15, -0.1) is 0 Å². The average Bonchev–Trinajstić information content (AvgIpc) is 2.63. The molecule has 3 nitrogen and oxygen atoms in total. The number of hydrogen-bond acceptors (Lipinski definition) is 3. The van der Waals surface area contributed by atoms with E-state index in [1.54, 1.807) is 6.20 Å². The van der Waals surface area contributed by atoms with Gasteiger partial charge >= 0.3 is 0 Å². The Morgan fingerprint density at radius 2 is 2.14 bits per heavy atom. The number of para-hydroxylation sites is 1. The lowest BCUT2D eigenvalue weighted by atomic mass is 10.0. The van der Waals surface area contributed by atoms with Gasteiger partial charge in [0.25, 0.3) is 0 Å². The number of fused-ring (bicyclic) bond motifs is 1. The van der Waals surface area contributed by atoms with E-state index >= 15 is 0 Å². The molecule has 0 aliphatic carbocycles. The standard InChI is InChI=1S/C18H18N2O/c1-13-10-17(21)11-16-6-2-5-15(18(16)20-13)8-7-14-4-3-9-19-12-14/h2-9,12-13,20H,10-11H2,1H3/b8-7+/t13-/m1/s1. The van der Waals surface area contributed by atoms with Crippen molar-refractivity contribution in [1.29, 1.82) is 0 Å². The first kappa shape index (κ1) is 13.6. The number of Topliss-reactive ketones (excluding diaryl/α,β-unsaturated/α-hetero) is 1. The minimum atomic E-state index is 0.173. The second-order valence-electron chi connectivity index (χ2n) is 5.47. The number of hydrogen-bond donors (Lipinski definition) is 1. The van der Waals surface area contributed by atoms with Gasteiger partial charge in [0, 0.05) is 37.0 Å². The summed E-state index contributed by atoms with van der Waals surface area (Å²) in [5.74, 6) is 0.294. The first-order valence-corrected chi connectivity index (χ1v) is 7.20. The van der Waals surface area contributed by atoms with Crippen LogP contribution in [0.3, 0.4) is 0 Å². The third-order valence-corrected chi connectivity index (χ3v) is 3.63. The number of aromatic nitrogens is 1. The Morgan fingerprint density at radius 3 is 2.95 bits per heavy atom. The zero-order valence-corrected chi connectivity index (χ0v) is 12.0. The largest absolute Gasteiger partial charge is 0.381 e. The second kappa shape index (κ2) is 5.92. The summed E-state index contributed by atoms with van der Waals surface area (Å²) in [5.41, 5.74) is 4.33. The van der Waals surface area contributed by atoms with E-state index in [4.69, 9.17) is 0 Å². The Bertz CT molecular complexity index is 677. The van der Waals surface area contributed by atoms with Crippen LogP contribution in [0.25, 0.3) is 12.2 Å². The van der Waals surface area contributed by atoms with Gasteiger partial charge in [-0.05, 0) is 29.7 Å². The van der Waals surface area contributed by atoms with Crippen LogP contribution >= 0.6 is 0 Å². The van der Waals surface area contributed by atoms with Gasteiger partial charge < -0.3 is 5.32 Å². The molecule has 0 saturated heterocycles. The van der Waals surface area contributed by atoms with Crippen LogP contribution in [-0.4, -0.2) is 16.8 Å². The Balaban J connectivity index is 1.95. The first-order valence-electron chi connectivity index (χ1n) is 7.20. The number of pyridine rings is 1. The third-order valence-electron chi connectivity index (χ3n) is 3.63. The van der Waals surface area contributed by atoms with Crippen molar-refractivity contribution >= 4 is 23.6 Å². The first-order chi connectivity index (χ1) is 10.2. The molecule has 1 aliphatic heterocycles. The number of ketones is 1. The predicted molar refractivity (Wildman–Crippen MR) is 86.0 cm³/mol. The van der Waals surface area contributed by atoms with E-state index in [1.165, 1.54) is 0 Å². The van der Waals surface area contributed by atoms with Crippen LogP contribution in [0.15, 0.2) is 42.7 Å². The van der Waals surface area contributed by atoms with Crippen molar-refractivity contribution in [2.75, 3.05) is 5.32 Å². The number of rotatable bonds is 2. The number of carbonyl (C=O) groups is 1.